The summed E-state index contributed by atoms with van der Waals surface area (Å²) in [6.07, 6.45) is 1.16. The number of halogens is 3. The van der Waals surface area contributed by atoms with Gasteiger partial charge in [-0.05, 0) is 38.9 Å². The smallest absolute Gasteiger partial charge is 0.387 e. The number of likely N-dealkylation sites (tertiary alicyclic amines) is 1. The summed E-state index contributed by atoms with van der Waals surface area (Å²) in [5.74, 6) is 1.58. The van der Waals surface area contributed by atoms with Crippen molar-refractivity contribution in [3.05, 3.63) is 23.8 Å². The predicted molar refractivity (Wildman–Crippen MR) is 113 cm³/mol. The molecule has 0 aliphatic carbocycles. The van der Waals surface area contributed by atoms with E-state index in [0.29, 0.717) is 36.3 Å². The van der Waals surface area contributed by atoms with E-state index in [9.17, 15) is 8.78 Å². The number of aliphatic imine (C=N–C) groups is 1. The van der Waals surface area contributed by atoms with Crippen LogP contribution in [-0.4, -0.2) is 57.8 Å². The molecule has 6 nitrogen and oxygen atoms in total. The molecule has 0 saturated carbocycles. The van der Waals surface area contributed by atoms with Crippen LogP contribution in [0.3, 0.4) is 0 Å². The minimum Gasteiger partial charge on any atom is -0.490 e. The number of hydrogen-bond acceptors (Lipinski definition) is 4. The maximum Gasteiger partial charge on any atom is 0.387 e. The average molecular weight is 498 g/mol. The van der Waals surface area contributed by atoms with Gasteiger partial charge in [-0.15, -0.1) is 24.0 Å². The van der Waals surface area contributed by atoms with Gasteiger partial charge in [0.25, 0.3) is 0 Å². The molecule has 0 bridgehead atoms. The number of nitrogens with one attached hydrogen (secondary N) is 2. The molecule has 1 fully saturated rings. The molecule has 2 N–H and O–H groups in total. The van der Waals surface area contributed by atoms with Gasteiger partial charge in [0.05, 0.1) is 6.61 Å². The number of ether oxygens (including phenoxy) is 2. The van der Waals surface area contributed by atoms with Gasteiger partial charge in [0.15, 0.2) is 17.5 Å². The lowest BCUT2D eigenvalue weighted by Crippen LogP contribution is -2.39. The van der Waals surface area contributed by atoms with Crippen LogP contribution in [0.4, 0.5) is 8.78 Å². The van der Waals surface area contributed by atoms with Gasteiger partial charge >= 0.3 is 6.61 Å². The quantitative estimate of drug-likeness (QED) is 0.328. The maximum absolute atomic E-state index is 12.8. The Kier molecular flexibility index (Phi) is 10.7. The summed E-state index contributed by atoms with van der Waals surface area (Å²) < 4.78 is 35.6. The first-order chi connectivity index (χ1) is 12.5. The first kappa shape index (κ1) is 23.7. The summed E-state index contributed by atoms with van der Waals surface area (Å²) in [6.45, 7) is 2.55. The molecule has 1 atom stereocenters. The second kappa shape index (κ2) is 12.2. The molecule has 1 unspecified atom stereocenters. The monoisotopic (exact) mass is 498 g/mol. The topological polar surface area (TPSA) is 58.1 Å². The van der Waals surface area contributed by atoms with Crippen molar-refractivity contribution >= 4 is 29.9 Å². The van der Waals surface area contributed by atoms with E-state index in [1.54, 1.807) is 32.2 Å². The first-order valence-corrected chi connectivity index (χ1v) is 8.86. The fraction of sp³-hybridized carbons (Fsp3) is 0.611. The molecule has 2 rings (SSSR count). The lowest BCUT2D eigenvalue weighted by atomic mass is 10.1. The molecule has 9 heteroatoms. The Labute approximate surface area is 176 Å². The largest absolute Gasteiger partial charge is 0.490 e. The molecule has 0 radical (unpaired) electrons. The third kappa shape index (κ3) is 7.65. The van der Waals surface area contributed by atoms with E-state index in [1.165, 1.54) is 0 Å². The summed E-state index contributed by atoms with van der Waals surface area (Å²) in [5.41, 5.74) is 0.583. The van der Waals surface area contributed by atoms with Crippen molar-refractivity contribution in [2.75, 3.05) is 40.3 Å². The molecule has 1 saturated heterocycles. The third-order valence-corrected chi connectivity index (χ3v) is 4.28. The zero-order valence-electron chi connectivity index (χ0n) is 16.0. The molecule has 1 aliphatic heterocycles. The molecule has 154 valence electrons. The van der Waals surface area contributed by atoms with Gasteiger partial charge in [-0.1, -0.05) is 12.1 Å². The van der Waals surface area contributed by atoms with Crippen LogP contribution in [0.5, 0.6) is 11.5 Å². The van der Waals surface area contributed by atoms with Crippen LogP contribution < -0.4 is 20.1 Å². The van der Waals surface area contributed by atoms with E-state index < -0.39 is 6.61 Å². The van der Waals surface area contributed by atoms with Crippen molar-refractivity contribution in [2.45, 2.75) is 26.5 Å². The molecule has 0 spiro atoms. The van der Waals surface area contributed by atoms with E-state index in [4.69, 9.17) is 4.74 Å². The first-order valence-electron chi connectivity index (χ1n) is 8.86. The SMILES string of the molecule is CCOc1cccc(CNC(=NC)NCC2CCN(C)C2)c1OC(F)F.I. The van der Waals surface area contributed by atoms with Crippen LogP contribution >= 0.6 is 24.0 Å². The van der Waals surface area contributed by atoms with Crippen molar-refractivity contribution < 1.29 is 18.3 Å². The van der Waals surface area contributed by atoms with Crippen molar-refractivity contribution in [3.63, 3.8) is 0 Å². The molecule has 1 aliphatic rings. The van der Waals surface area contributed by atoms with Crippen molar-refractivity contribution in [1.82, 2.24) is 15.5 Å². The Morgan fingerprint density at radius 1 is 1.37 bits per heavy atom. The van der Waals surface area contributed by atoms with Crippen molar-refractivity contribution in [1.29, 1.82) is 0 Å². The summed E-state index contributed by atoms with van der Waals surface area (Å²) in [6, 6.07) is 5.10. The lowest BCUT2D eigenvalue weighted by molar-refractivity contribution is -0.0520. The Morgan fingerprint density at radius 2 is 2.15 bits per heavy atom. The second-order valence-electron chi connectivity index (χ2n) is 6.28. The summed E-state index contributed by atoms with van der Waals surface area (Å²) in [7, 11) is 3.80. The van der Waals surface area contributed by atoms with E-state index in [1.807, 2.05) is 0 Å². The fourth-order valence-corrected chi connectivity index (χ4v) is 3.03. The Balaban J connectivity index is 0.00000364. The van der Waals surface area contributed by atoms with E-state index in [0.717, 1.165) is 26.1 Å². The van der Waals surface area contributed by atoms with Gasteiger partial charge in [0, 0.05) is 32.2 Å². The third-order valence-electron chi connectivity index (χ3n) is 4.28. The average Bonchev–Trinajstić information content (AvgIpc) is 3.02. The lowest BCUT2D eigenvalue weighted by Gasteiger charge is -2.18. The van der Waals surface area contributed by atoms with Gasteiger partial charge in [-0.25, -0.2) is 0 Å². The van der Waals surface area contributed by atoms with Gasteiger partial charge in [0.2, 0.25) is 0 Å². The van der Waals surface area contributed by atoms with Crippen LogP contribution in [0.25, 0.3) is 0 Å². The number of guanidine groups is 1. The van der Waals surface area contributed by atoms with E-state index in [-0.39, 0.29) is 29.7 Å². The molecule has 1 aromatic rings. The zero-order valence-corrected chi connectivity index (χ0v) is 18.3. The number of rotatable bonds is 8. The number of benzene rings is 1. The highest BCUT2D eigenvalue weighted by Crippen LogP contribution is 2.32. The number of nitrogens with zero attached hydrogens (tertiary/aromatic N) is 2. The van der Waals surface area contributed by atoms with Crippen LogP contribution in [0.2, 0.25) is 0 Å². The Hall–Kier alpha value is -1.36. The summed E-state index contributed by atoms with van der Waals surface area (Å²) in [5, 5.41) is 6.44. The summed E-state index contributed by atoms with van der Waals surface area (Å²) in [4.78, 5) is 6.49. The molecular weight excluding hydrogens is 469 g/mol. The highest BCUT2D eigenvalue weighted by Gasteiger charge is 2.20. The van der Waals surface area contributed by atoms with Gasteiger partial charge in [-0.3, -0.25) is 4.99 Å². The highest BCUT2D eigenvalue weighted by atomic mass is 127. The van der Waals surface area contributed by atoms with Crippen molar-refractivity contribution in [2.24, 2.45) is 10.9 Å². The van der Waals surface area contributed by atoms with E-state index in [2.05, 4.69) is 32.3 Å². The van der Waals surface area contributed by atoms with Crippen LogP contribution in [0.1, 0.15) is 18.9 Å². The van der Waals surface area contributed by atoms with Crippen LogP contribution in [0.15, 0.2) is 23.2 Å². The molecule has 1 aromatic carbocycles. The maximum atomic E-state index is 12.8. The molecular formula is C18H29F2IN4O2. The van der Waals surface area contributed by atoms with Crippen LogP contribution in [-0.2, 0) is 6.54 Å². The highest BCUT2D eigenvalue weighted by molar-refractivity contribution is 14.0. The number of alkyl halides is 2. The molecule has 0 amide bonds. The summed E-state index contributed by atoms with van der Waals surface area (Å²) >= 11 is 0. The molecule has 27 heavy (non-hydrogen) atoms. The van der Waals surface area contributed by atoms with Gasteiger partial charge in [-0.2, -0.15) is 8.78 Å². The minimum atomic E-state index is -2.91. The van der Waals surface area contributed by atoms with E-state index >= 15 is 0 Å². The zero-order chi connectivity index (χ0) is 18.9. The Morgan fingerprint density at radius 3 is 2.74 bits per heavy atom. The predicted octanol–water partition coefficient (Wildman–Crippen LogP) is 2.92. The van der Waals surface area contributed by atoms with Crippen LogP contribution in [0, 0.1) is 5.92 Å². The molecule has 1 heterocycles. The molecule has 0 aromatic heterocycles. The normalized spacial score (nSPS) is 17.6. The fourth-order valence-electron chi connectivity index (χ4n) is 3.03. The number of para-hydroxylation sites is 1. The Bertz CT molecular complexity index is 605. The number of hydrogen-bond donors (Lipinski definition) is 2. The minimum absolute atomic E-state index is 0. The van der Waals surface area contributed by atoms with Crippen molar-refractivity contribution in [3.8, 4) is 11.5 Å². The standard InChI is InChI=1S/C18H28F2N4O2.HI/c1-4-25-15-7-5-6-14(16(15)26-17(19)20)11-23-18(21-2)22-10-13-8-9-24(3)12-13;/h5-7,13,17H,4,8-12H2,1-3H3,(H2,21,22,23);1H. The van der Waals surface area contributed by atoms with Gasteiger partial charge < -0.3 is 25.0 Å². The second-order valence-corrected chi connectivity index (χ2v) is 6.28. The van der Waals surface area contributed by atoms with Gasteiger partial charge in [0.1, 0.15) is 0 Å².